The van der Waals surface area contributed by atoms with Gasteiger partial charge in [-0.25, -0.2) is 15.1 Å². The average molecular weight is 218 g/mol. The van der Waals surface area contributed by atoms with Crippen LogP contribution < -0.4 is 5.48 Å². The first kappa shape index (κ1) is 11.7. The van der Waals surface area contributed by atoms with E-state index >= 15 is 0 Å². The van der Waals surface area contributed by atoms with E-state index in [1.165, 1.54) is 4.90 Å². The highest BCUT2D eigenvalue weighted by molar-refractivity contribution is 5.73. The summed E-state index contributed by atoms with van der Waals surface area (Å²) in [6, 6.07) is -0.469. The lowest BCUT2D eigenvalue weighted by atomic mass is 10.1. The molecule has 1 rings (SSSR count). The normalized spacial score (nSPS) is 17.5. The summed E-state index contributed by atoms with van der Waals surface area (Å²) in [4.78, 5) is 27.3. The maximum Gasteiger partial charge on any atom is 0.341 e. The van der Waals surface area contributed by atoms with Gasteiger partial charge in [0.1, 0.15) is 0 Å². The highest BCUT2D eigenvalue weighted by Crippen LogP contribution is 2.09. The van der Waals surface area contributed by atoms with Crippen molar-refractivity contribution in [2.45, 2.75) is 18.9 Å². The number of amides is 2. The Hall–Kier alpha value is -1.34. The zero-order valence-corrected chi connectivity index (χ0v) is 8.18. The molecule has 3 N–H and O–H groups in total. The van der Waals surface area contributed by atoms with Gasteiger partial charge in [0.25, 0.3) is 0 Å². The molecule has 86 valence electrons. The van der Waals surface area contributed by atoms with Gasteiger partial charge in [-0.2, -0.15) is 0 Å². The number of urea groups is 1. The number of aliphatic hydroxyl groups is 1. The van der Waals surface area contributed by atoms with E-state index in [4.69, 9.17) is 5.11 Å². The van der Waals surface area contributed by atoms with Gasteiger partial charge in [0.2, 0.25) is 0 Å². The van der Waals surface area contributed by atoms with E-state index in [2.05, 4.69) is 4.84 Å². The molecule has 0 aromatic carbocycles. The van der Waals surface area contributed by atoms with Crippen molar-refractivity contribution in [3.05, 3.63) is 0 Å². The van der Waals surface area contributed by atoms with Crippen LogP contribution in [0, 0.1) is 0 Å². The third-order valence-electron chi connectivity index (χ3n) is 2.11. The number of likely N-dealkylation sites (tertiary alicyclic amines) is 1. The fourth-order valence-corrected chi connectivity index (χ4v) is 1.29. The van der Waals surface area contributed by atoms with Gasteiger partial charge < -0.3 is 15.1 Å². The van der Waals surface area contributed by atoms with E-state index < -0.39 is 18.6 Å². The number of piperidine rings is 1. The third-order valence-corrected chi connectivity index (χ3v) is 2.11. The van der Waals surface area contributed by atoms with Crippen LogP contribution in [-0.2, 0) is 9.63 Å². The fourth-order valence-electron chi connectivity index (χ4n) is 1.29. The van der Waals surface area contributed by atoms with Crippen LogP contribution in [-0.4, -0.2) is 52.9 Å². The molecule has 0 spiro atoms. The number of hydroxylamine groups is 1. The first-order chi connectivity index (χ1) is 7.09. The Morgan fingerprint density at radius 2 is 2.00 bits per heavy atom. The number of aliphatic hydroxyl groups excluding tert-OH is 1. The van der Waals surface area contributed by atoms with Gasteiger partial charge in [-0.1, -0.05) is 0 Å². The molecule has 0 bridgehead atoms. The molecule has 1 aliphatic rings. The molecular formula is C8H14N2O5. The predicted octanol–water partition coefficient (Wildman–Crippen LogP) is -0.831. The molecule has 0 aromatic heterocycles. The molecule has 0 aliphatic carbocycles. The Kier molecular flexibility index (Phi) is 4.32. The van der Waals surface area contributed by atoms with Gasteiger partial charge in [-0.3, -0.25) is 4.84 Å². The molecule has 1 aliphatic heterocycles. The molecule has 0 radical (unpaired) electrons. The molecule has 0 atom stereocenters. The molecule has 1 heterocycles. The number of nitrogens with zero attached hydrogens (tertiary/aromatic N) is 1. The number of nitrogens with one attached hydrogen (secondary N) is 1. The second-order valence-electron chi connectivity index (χ2n) is 3.31. The van der Waals surface area contributed by atoms with Crippen molar-refractivity contribution in [2.24, 2.45) is 0 Å². The molecule has 1 fully saturated rings. The van der Waals surface area contributed by atoms with Gasteiger partial charge in [-0.05, 0) is 12.8 Å². The van der Waals surface area contributed by atoms with E-state index in [1.54, 1.807) is 0 Å². The number of hydrogen-bond acceptors (Lipinski definition) is 4. The Bertz CT molecular complexity index is 237. The quantitative estimate of drug-likeness (QED) is 0.537. The van der Waals surface area contributed by atoms with Crippen LogP contribution >= 0.6 is 0 Å². The van der Waals surface area contributed by atoms with E-state index in [0.717, 1.165) is 0 Å². The number of carbonyl (C=O) groups is 2. The van der Waals surface area contributed by atoms with E-state index in [9.17, 15) is 14.7 Å². The second kappa shape index (κ2) is 5.52. The van der Waals surface area contributed by atoms with Crippen molar-refractivity contribution in [3.63, 3.8) is 0 Å². The molecular weight excluding hydrogens is 204 g/mol. The van der Waals surface area contributed by atoms with Crippen molar-refractivity contribution < 1.29 is 24.6 Å². The van der Waals surface area contributed by atoms with Crippen LogP contribution in [0.15, 0.2) is 0 Å². The first-order valence-electron chi connectivity index (χ1n) is 4.66. The minimum atomic E-state index is -1.15. The monoisotopic (exact) mass is 218 g/mol. The molecule has 15 heavy (non-hydrogen) atoms. The number of carbonyl (C=O) groups excluding carboxylic acids is 1. The smallest absolute Gasteiger partial charge is 0.341 e. The maximum atomic E-state index is 11.3. The van der Waals surface area contributed by atoms with Crippen molar-refractivity contribution in [1.29, 1.82) is 0 Å². The second-order valence-corrected chi connectivity index (χ2v) is 3.31. The van der Waals surface area contributed by atoms with Crippen molar-refractivity contribution in [3.8, 4) is 0 Å². The summed E-state index contributed by atoms with van der Waals surface area (Å²) < 4.78 is 0. The number of hydrogen-bond donors (Lipinski definition) is 3. The first-order valence-corrected chi connectivity index (χ1v) is 4.66. The van der Waals surface area contributed by atoms with Crippen molar-refractivity contribution >= 4 is 12.0 Å². The lowest BCUT2D eigenvalue weighted by molar-refractivity contribution is -0.144. The Morgan fingerprint density at radius 3 is 2.53 bits per heavy atom. The molecule has 1 saturated heterocycles. The summed E-state index contributed by atoms with van der Waals surface area (Å²) in [5.41, 5.74) is 2.02. The van der Waals surface area contributed by atoms with Crippen LogP contribution in [0.25, 0.3) is 0 Å². The minimum absolute atomic E-state index is 0.353. The highest BCUT2D eigenvalue weighted by atomic mass is 16.7. The zero-order valence-electron chi connectivity index (χ0n) is 8.18. The van der Waals surface area contributed by atoms with Crippen LogP contribution in [0.2, 0.25) is 0 Å². The van der Waals surface area contributed by atoms with Gasteiger partial charge in [0.15, 0.2) is 6.61 Å². The lowest BCUT2D eigenvalue weighted by Crippen LogP contribution is -2.45. The maximum absolute atomic E-state index is 11.3. The van der Waals surface area contributed by atoms with Crippen molar-refractivity contribution in [1.82, 2.24) is 10.4 Å². The number of carboxylic acids is 1. The van der Waals surface area contributed by atoms with E-state index in [0.29, 0.717) is 25.9 Å². The molecule has 7 heteroatoms. The van der Waals surface area contributed by atoms with Gasteiger partial charge >= 0.3 is 12.0 Å². The molecule has 0 unspecified atom stereocenters. The van der Waals surface area contributed by atoms with Crippen LogP contribution in [0.1, 0.15) is 12.8 Å². The van der Waals surface area contributed by atoms with Crippen LogP contribution in [0.5, 0.6) is 0 Å². The molecule has 2 amide bonds. The van der Waals surface area contributed by atoms with Gasteiger partial charge in [-0.15, -0.1) is 0 Å². The Labute approximate surface area is 86.6 Å². The van der Waals surface area contributed by atoms with Crippen molar-refractivity contribution in [2.75, 3.05) is 19.7 Å². The number of aliphatic carboxylic acids is 1. The minimum Gasteiger partial charge on any atom is -0.479 e. The number of rotatable bonds is 3. The predicted molar refractivity (Wildman–Crippen MR) is 48.9 cm³/mol. The fraction of sp³-hybridized carbons (Fsp3) is 0.750. The SMILES string of the molecule is O=C(O)CONC(=O)N1CCC(O)CC1. The van der Waals surface area contributed by atoms with Crippen LogP contribution in [0.3, 0.4) is 0 Å². The van der Waals surface area contributed by atoms with Crippen LogP contribution in [0.4, 0.5) is 4.79 Å². The standard InChI is InChI=1S/C8H14N2O5/c11-6-1-3-10(4-2-6)8(14)9-15-5-7(12)13/h6,11H,1-5H2,(H,9,14)(H,12,13). The summed E-state index contributed by atoms with van der Waals surface area (Å²) >= 11 is 0. The van der Waals surface area contributed by atoms with Gasteiger partial charge in [0, 0.05) is 13.1 Å². The summed E-state index contributed by atoms with van der Waals surface area (Å²) in [7, 11) is 0. The zero-order chi connectivity index (χ0) is 11.3. The molecule has 0 aromatic rings. The highest BCUT2D eigenvalue weighted by Gasteiger charge is 2.21. The van der Waals surface area contributed by atoms with E-state index in [-0.39, 0.29) is 6.10 Å². The summed E-state index contributed by atoms with van der Waals surface area (Å²) in [5, 5.41) is 17.4. The summed E-state index contributed by atoms with van der Waals surface area (Å²) in [6.45, 7) is 0.328. The molecule has 0 saturated carbocycles. The third kappa shape index (κ3) is 4.13. The summed E-state index contributed by atoms with van der Waals surface area (Å²) in [6.07, 6.45) is 0.715. The molecule has 7 nitrogen and oxygen atoms in total. The largest absolute Gasteiger partial charge is 0.479 e. The van der Waals surface area contributed by atoms with Gasteiger partial charge in [0.05, 0.1) is 6.10 Å². The average Bonchev–Trinajstić information content (AvgIpc) is 2.18. The lowest BCUT2D eigenvalue weighted by Gasteiger charge is -2.29. The Balaban J connectivity index is 2.19. The van der Waals surface area contributed by atoms with E-state index in [1.807, 2.05) is 5.48 Å². The summed E-state index contributed by atoms with van der Waals surface area (Å²) in [5.74, 6) is -1.15. The number of carboxylic acid groups (broad SMARTS) is 1. The topological polar surface area (TPSA) is 99.1 Å². The Morgan fingerprint density at radius 1 is 1.40 bits per heavy atom.